The Morgan fingerprint density at radius 2 is 2.00 bits per heavy atom. The van der Waals surface area contributed by atoms with E-state index in [2.05, 4.69) is 19.3 Å². The van der Waals surface area contributed by atoms with Crippen LogP contribution in [0.25, 0.3) is 0 Å². The standard InChI is InChI=1S/C5H15N3/c1-4(2)3-5(6)8-7/h4-5,8H,3,6-7H2,1-2H3. The fraction of sp³-hybridized carbons (Fsp3) is 1.00. The summed E-state index contributed by atoms with van der Waals surface area (Å²) >= 11 is 0. The molecule has 0 bridgehead atoms. The summed E-state index contributed by atoms with van der Waals surface area (Å²) in [4.78, 5) is 0. The maximum Gasteiger partial charge on any atom is 0.0679 e. The third-order valence-corrected chi connectivity index (χ3v) is 0.939. The van der Waals surface area contributed by atoms with E-state index in [1.807, 2.05) is 0 Å². The van der Waals surface area contributed by atoms with Gasteiger partial charge in [0.2, 0.25) is 0 Å². The van der Waals surface area contributed by atoms with E-state index in [4.69, 9.17) is 11.6 Å². The number of hydrazine groups is 1. The maximum absolute atomic E-state index is 5.44. The van der Waals surface area contributed by atoms with Gasteiger partial charge in [-0.3, -0.25) is 5.84 Å². The van der Waals surface area contributed by atoms with Gasteiger partial charge in [0.05, 0.1) is 6.17 Å². The lowest BCUT2D eigenvalue weighted by molar-refractivity contribution is 0.436. The zero-order valence-corrected chi connectivity index (χ0v) is 5.52. The zero-order valence-electron chi connectivity index (χ0n) is 5.52. The van der Waals surface area contributed by atoms with E-state index in [0.717, 1.165) is 6.42 Å². The molecule has 0 saturated carbocycles. The van der Waals surface area contributed by atoms with Crippen molar-refractivity contribution in [2.24, 2.45) is 17.5 Å². The summed E-state index contributed by atoms with van der Waals surface area (Å²) in [6.07, 6.45) is 0.881. The van der Waals surface area contributed by atoms with E-state index >= 15 is 0 Å². The smallest absolute Gasteiger partial charge is 0.0679 e. The van der Waals surface area contributed by atoms with Crippen molar-refractivity contribution in [3.05, 3.63) is 0 Å². The molecule has 0 aromatic carbocycles. The molecular formula is C5H15N3. The van der Waals surface area contributed by atoms with Gasteiger partial charge >= 0.3 is 0 Å². The van der Waals surface area contributed by atoms with Gasteiger partial charge in [0.25, 0.3) is 0 Å². The average Bonchev–Trinajstić information content (AvgIpc) is 1.65. The van der Waals surface area contributed by atoms with Crippen LogP contribution in [0, 0.1) is 5.92 Å². The summed E-state index contributed by atoms with van der Waals surface area (Å²) < 4.78 is 0. The van der Waals surface area contributed by atoms with Crippen molar-refractivity contribution in [2.75, 3.05) is 0 Å². The lowest BCUT2D eigenvalue weighted by Crippen LogP contribution is -2.42. The molecule has 0 aliphatic carbocycles. The van der Waals surface area contributed by atoms with Gasteiger partial charge in [0.1, 0.15) is 0 Å². The Morgan fingerprint density at radius 1 is 1.50 bits per heavy atom. The Labute approximate surface area is 50.4 Å². The molecular weight excluding hydrogens is 102 g/mol. The summed E-state index contributed by atoms with van der Waals surface area (Å²) in [6, 6.07) is 0. The van der Waals surface area contributed by atoms with Crippen LogP contribution in [0.1, 0.15) is 20.3 Å². The van der Waals surface area contributed by atoms with Crippen molar-refractivity contribution in [1.29, 1.82) is 0 Å². The topological polar surface area (TPSA) is 64.1 Å². The molecule has 0 aromatic rings. The molecule has 0 rings (SSSR count). The quantitative estimate of drug-likeness (QED) is 0.272. The van der Waals surface area contributed by atoms with Crippen LogP contribution in [0.15, 0.2) is 0 Å². The van der Waals surface area contributed by atoms with Crippen LogP contribution in [0.5, 0.6) is 0 Å². The zero-order chi connectivity index (χ0) is 6.57. The molecule has 50 valence electrons. The minimum Gasteiger partial charge on any atom is -0.315 e. The highest BCUT2D eigenvalue weighted by Gasteiger charge is 2.00. The molecule has 1 atom stereocenters. The molecule has 0 spiro atoms. The van der Waals surface area contributed by atoms with Crippen LogP contribution in [0.2, 0.25) is 0 Å². The van der Waals surface area contributed by atoms with Crippen LogP contribution >= 0.6 is 0 Å². The third kappa shape index (κ3) is 4.05. The second kappa shape index (κ2) is 3.83. The fourth-order valence-electron chi connectivity index (χ4n) is 0.576. The molecule has 0 aliphatic rings. The molecule has 5 N–H and O–H groups in total. The number of hydrogen-bond acceptors (Lipinski definition) is 3. The van der Waals surface area contributed by atoms with Crippen molar-refractivity contribution in [1.82, 2.24) is 5.43 Å². The molecule has 0 heterocycles. The SMILES string of the molecule is CC(C)CC(N)NN. The second-order valence-corrected chi connectivity index (χ2v) is 2.40. The average molecular weight is 117 g/mol. The lowest BCUT2D eigenvalue weighted by Gasteiger charge is -2.11. The predicted octanol–water partition coefficient (Wildman–Crippen LogP) is -0.219. The van der Waals surface area contributed by atoms with Crippen molar-refractivity contribution in [3.8, 4) is 0 Å². The molecule has 8 heavy (non-hydrogen) atoms. The normalized spacial score (nSPS) is 14.6. The highest BCUT2D eigenvalue weighted by atomic mass is 15.3. The molecule has 0 fully saturated rings. The number of hydrogen-bond donors (Lipinski definition) is 3. The molecule has 0 saturated heterocycles. The largest absolute Gasteiger partial charge is 0.315 e. The van der Waals surface area contributed by atoms with Crippen molar-refractivity contribution in [3.63, 3.8) is 0 Å². The van der Waals surface area contributed by atoms with Gasteiger partial charge in [-0.25, -0.2) is 5.43 Å². The molecule has 0 amide bonds. The van der Waals surface area contributed by atoms with E-state index in [9.17, 15) is 0 Å². The van der Waals surface area contributed by atoms with Gasteiger partial charge in [0, 0.05) is 0 Å². The monoisotopic (exact) mass is 117 g/mol. The van der Waals surface area contributed by atoms with Crippen molar-refractivity contribution >= 4 is 0 Å². The van der Waals surface area contributed by atoms with Gasteiger partial charge in [-0.15, -0.1) is 0 Å². The summed E-state index contributed by atoms with van der Waals surface area (Å²) in [5.74, 6) is 5.66. The molecule has 3 nitrogen and oxygen atoms in total. The van der Waals surface area contributed by atoms with Gasteiger partial charge in [-0.1, -0.05) is 13.8 Å². The molecule has 0 aromatic heterocycles. The van der Waals surface area contributed by atoms with E-state index < -0.39 is 0 Å². The highest BCUT2D eigenvalue weighted by Crippen LogP contribution is 1.98. The third-order valence-electron chi connectivity index (χ3n) is 0.939. The molecule has 0 radical (unpaired) electrons. The van der Waals surface area contributed by atoms with E-state index in [1.54, 1.807) is 0 Å². The van der Waals surface area contributed by atoms with Crippen molar-refractivity contribution in [2.45, 2.75) is 26.4 Å². The second-order valence-electron chi connectivity index (χ2n) is 2.40. The van der Waals surface area contributed by atoms with E-state index in [-0.39, 0.29) is 6.17 Å². The fourth-order valence-corrected chi connectivity index (χ4v) is 0.576. The Kier molecular flexibility index (Phi) is 3.77. The first-order chi connectivity index (χ1) is 3.66. The summed E-state index contributed by atoms with van der Waals surface area (Å²) in [7, 11) is 0. The molecule has 3 heteroatoms. The van der Waals surface area contributed by atoms with Crippen LogP contribution < -0.4 is 17.0 Å². The first kappa shape index (κ1) is 7.88. The minimum absolute atomic E-state index is 0.0463. The summed E-state index contributed by atoms with van der Waals surface area (Å²) in [6.45, 7) is 4.22. The van der Waals surface area contributed by atoms with Gasteiger partial charge < -0.3 is 5.73 Å². The van der Waals surface area contributed by atoms with Gasteiger partial charge in [-0.2, -0.15) is 0 Å². The maximum atomic E-state index is 5.44. The summed E-state index contributed by atoms with van der Waals surface area (Å²) in [5, 5.41) is 0. The lowest BCUT2D eigenvalue weighted by atomic mass is 10.1. The van der Waals surface area contributed by atoms with E-state index in [1.165, 1.54) is 0 Å². The van der Waals surface area contributed by atoms with Crippen LogP contribution in [0.4, 0.5) is 0 Å². The first-order valence-corrected chi connectivity index (χ1v) is 2.88. The Morgan fingerprint density at radius 3 is 2.12 bits per heavy atom. The number of nitrogens with one attached hydrogen (secondary N) is 1. The first-order valence-electron chi connectivity index (χ1n) is 2.88. The van der Waals surface area contributed by atoms with Crippen LogP contribution in [-0.2, 0) is 0 Å². The van der Waals surface area contributed by atoms with Crippen molar-refractivity contribution < 1.29 is 0 Å². The molecule has 0 aliphatic heterocycles. The van der Waals surface area contributed by atoms with Gasteiger partial charge in [0.15, 0.2) is 0 Å². The van der Waals surface area contributed by atoms with Crippen LogP contribution in [-0.4, -0.2) is 6.17 Å². The van der Waals surface area contributed by atoms with E-state index in [0.29, 0.717) is 5.92 Å². The van der Waals surface area contributed by atoms with Crippen LogP contribution in [0.3, 0.4) is 0 Å². The van der Waals surface area contributed by atoms with Gasteiger partial charge in [-0.05, 0) is 12.3 Å². The Bertz CT molecular complexity index is 53.6. The number of rotatable bonds is 3. The predicted molar refractivity (Wildman–Crippen MR) is 34.8 cm³/mol. The Hall–Kier alpha value is -0.120. The Balaban J connectivity index is 3.10. The number of nitrogens with two attached hydrogens (primary N) is 2. The summed E-state index contributed by atoms with van der Waals surface area (Å²) in [5.41, 5.74) is 7.91. The molecule has 1 unspecified atom stereocenters. The minimum atomic E-state index is -0.0463. The highest BCUT2D eigenvalue weighted by molar-refractivity contribution is 4.55.